The summed E-state index contributed by atoms with van der Waals surface area (Å²) in [4.78, 5) is 26.3. The third-order valence-electron chi connectivity index (χ3n) is 6.24. The lowest BCUT2D eigenvalue weighted by Crippen LogP contribution is -2.41. The fraction of sp³-hybridized carbons (Fsp3) is 0.208. The van der Waals surface area contributed by atoms with Crippen LogP contribution in [0.3, 0.4) is 0 Å². The first-order chi connectivity index (χ1) is 15.6. The number of anilines is 1. The molecule has 0 radical (unpaired) electrons. The number of nitro groups is 1. The Hall–Kier alpha value is -3.75. The van der Waals surface area contributed by atoms with E-state index in [1.54, 1.807) is 24.1 Å². The molecule has 2 N–H and O–H groups in total. The number of nitrogens with one attached hydrogen (secondary N) is 2. The zero-order valence-electron chi connectivity index (χ0n) is 17.3. The maximum absolute atomic E-state index is 13.5. The number of ether oxygens (including phenoxy) is 1. The monoisotopic (exact) mass is 430 g/mol. The van der Waals surface area contributed by atoms with Crippen molar-refractivity contribution >= 4 is 17.3 Å². The molecule has 0 bridgehead atoms. The van der Waals surface area contributed by atoms with Gasteiger partial charge in [-0.25, -0.2) is 10.9 Å². The highest BCUT2D eigenvalue weighted by Crippen LogP contribution is 2.49. The normalized spacial score (nSPS) is 24.4. The van der Waals surface area contributed by atoms with Crippen LogP contribution in [0, 0.1) is 16.0 Å². The van der Waals surface area contributed by atoms with E-state index in [9.17, 15) is 14.9 Å². The van der Waals surface area contributed by atoms with Gasteiger partial charge in [0.25, 0.3) is 5.69 Å². The Morgan fingerprint density at radius 3 is 2.31 bits per heavy atom. The lowest BCUT2D eigenvalue weighted by atomic mass is 9.83. The number of nitrogens with zero attached hydrogens (tertiary/aromatic N) is 2. The molecule has 3 aromatic carbocycles. The van der Waals surface area contributed by atoms with Gasteiger partial charge < -0.3 is 9.64 Å². The standard InChI is InChI=1S/C24H22N4O4/c1-32-19-12-10-15(11-13-19)21-20-22(26-25-21)24(29)27(17-7-3-2-4-8-17)23(20)16-6-5-9-18(14-16)28(30)31/h2-14,20-23,25-26H,1H3. The van der Waals surface area contributed by atoms with Gasteiger partial charge in [0.15, 0.2) is 0 Å². The van der Waals surface area contributed by atoms with Crippen molar-refractivity contribution < 1.29 is 14.5 Å². The van der Waals surface area contributed by atoms with Crippen LogP contribution in [-0.2, 0) is 4.79 Å². The third kappa shape index (κ3) is 3.30. The molecule has 2 fully saturated rings. The van der Waals surface area contributed by atoms with Crippen LogP contribution >= 0.6 is 0 Å². The Labute approximate surface area is 184 Å². The number of nitro benzene ring substituents is 1. The highest BCUT2D eigenvalue weighted by Gasteiger charge is 2.56. The van der Waals surface area contributed by atoms with Crippen LogP contribution in [0.5, 0.6) is 5.75 Å². The summed E-state index contributed by atoms with van der Waals surface area (Å²) in [7, 11) is 1.62. The van der Waals surface area contributed by atoms with Gasteiger partial charge in [-0.3, -0.25) is 14.9 Å². The predicted octanol–water partition coefficient (Wildman–Crippen LogP) is 3.53. The molecule has 3 aromatic rings. The Balaban J connectivity index is 1.62. The van der Waals surface area contributed by atoms with Gasteiger partial charge in [0, 0.05) is 23.7 Å². The molecule has 2 aliphatic heterocycles. The number of fused-ring (bicyclic) bond motifs is 1. The number of rotatable bonds is 5. The quantitative estimate of drug-likeness (QED) is 0.475. The van der Waals surface area contributed by atoms with E-state index in [-0.39, 0.29) is 29.6 Å². The van der Waals surface area contributed by atoms with Crippen molar-refractivity contribution in [2.24, 2.45) is 5.92 Å². The number of benzene rings is 3. The third-order valence-corrected chi connectivity index (χ3v) is 6.24. The molecule has 2 heterocycles. The number of methoxy groups -OCH3 is 1. The summed E-state index contributed by atoms with van der Waals surface area (Å²) in [6.07, 6.45) is 0. The van der Waals surface area contributed by atoms with Crippen molar-refractivity contribution in [2.45, 2.75) is 18.1 Å². The number of carbonyl (C=O) groups is 1. The van der Waals surface area contributed by atoms with Crippen molar-refractivity contribution in [1.82, 2.24) is 10.9 Å². The highest BCUT2D eigenvalue weighted by molar-refractivity contribution is 6.01. The van der Waals surface area contributed by atoms with E-state index < -0.39 is 11.0 Å². The van der Waals surface area contributed by atoms with E-state index in [1.807, 2.05) is 60.7 Å². The van der Waals surface area contributed by atoms with Crippen LogP contribution in [0.2, 0.25) is 0 Å². The minimum absolute atomic E-state index is 0.00586. The van der Waals surface area contributed by atoms with Gasteiger partial charge >= 0.3 is 0 Å². The summed E-state index contributed by atoms with van der Waals surface area (Å²) in [5.74, 6) is 0.499. The molecule has 0 saturated carbocycles. The molecular weight excluding hydrogens is 408 g/mol. The maximum Gasteiger partial charge on any atom is 0.269 e. The van der Waals surface area contributed by atoms with Crippen LogP contribution in [0.4, 0.5) is 11.4 Å². The molecule has 8 nitrogen and oxygen atoms in total. The first-order valence-electron chi connectivity index (χ1n) is 10.4. The average Bonchev–Trinajstić information content (AvgIpc) is 3.38. The van der Waals surface area contributed by atoms with Crippen molar-refractivity contribution in [2.75, 3.05) is 12.0 Å². The number of amides is 1. The fourth-order valence-corrected chi connectivity index (χ4v) is 4.80. The van der Waals surface area contributed by atoms with Crippen LogP contribution in [0.1, 0.15) is 23.2 Å². The van der Waals surface area contributed by atoms with Gasteiger partial charge in [0.1, 0.15) is 11.8 Å². The molecule has 4 unspecified atom stereocenters. The van der Waals surface area contributed by atoms with E-state index in [2.05, 4.69) is 10.9 Å². The Bertz CT molecular complexity index is 1150. The lowest BCUT2D eigenvalue weighted by Gasteiger charge is -2.31. The highest BCUT2D eigenvalue weighted by atomic mass is 16.6. The molecule has 0 spiro atoms. The first kappa shape index (κ1) is 20.2. The van der Waals surface area contributed by atoms with Crippen molar-refractivity contribution in [3.05, 3.63) is 100 Å². The zero-order valence-corrected chi connectivity index (χ0v) is 17.3. The summed E-state index contributed by atoms with van der Waals surface area (Å²) in [5.41, 5.74) is 8.96. The maximum atomic E-state index is 13.5. The van der Waals surface area contributed by atoms with Crippen LogP contribution in [-0.4, -0.2) is 24.0 Å². The van der Waals surface area contributed by atoms with E-state index in [0.717, 1.165) is 22.6 Å². The molecule has 1 amide bonds. The Morgan fingerprint density at radius 2 is 1.62 bits per heavy atom. The summed E-state index contributed by atoms with van der Waals surface area (Å²) < 4.78 is 5.27. The molecule has 2 saturated heterocycles. The molecule has 8 heteroatoms. The van der Waals surface area contributed by atoms with Crippen molar-refractivity contribution in [3.8, 4) is 5.75 Å². The van der Waals surface area contributed by atoms with Crippen LogP contribution in [0.15, 0.2) is 78.9 Å². The number of hydrogen-bond donors (Lipinski definition) is 2. The molecule has 5 rings (SSSR count). The number of para-hydroxylation sites is 1. The molecule has 0 aromatic heterocycles. The SMILES string of the molecule is COc1ccc(C2NNC3C(=O)N(c4ccccc4)C(c4cccc([N+](=O)[O-])c4)C32)cc1. The predicted molar refractivity (Wildman–Crippen MR) is 119 cm³/mol. The molecular formula is C24H22N4O4. The van der Waals surface area contributed by atoms with E-state index in [4.69, 9.17) is 4.74 Å². The van der Waals surface area contributed by atoms with Crippen molar-refractivity contribution in [1.29, 1.82) is 0 Å². The minimum atomic E-state index is -0.466. The first-order valence-corrected chi connectivity index (χ1v) is 10.4. The lowest BCUT2D eigenvalue weighted by molar-refractivity contribution is -0.384. The van der Waals surface area contributed by atoms with E-state index >= 15 is 0 Å². The number of carbonyl (C=O) groups excluding carboxylic acids is 1. The van der Waals surface area contributed by atoms with Crippen molar-refractivity contribution in [3.63, 3.8) is 0 Å². The molecule has 32 heavy (non-hydrogen) atoms. The van der Waals surface area contributed by atoms with E-state index in [0.29, 0.717) is 0 Å². The van der Waals surface area contributed by atoms with Gasteiger partial charge in [0.05, 0.1) is 24.1 Å². The second-order valence-electron chi connectivity index (χ2n) is 7.94. The number of non-ortho nitro benzene ring substituents is 1. The Kier molecular flexibility index (Phi) is 5.08. The number of hydrogen-bond acceptors (Lipinski definition) is 6. The summed E-state index contributed by atoms with van der Waals surface area (Å²) in [6.45, 7) is 0. The van der Waals surface area contributed by atoms with Crippen LogP contribution < -0.4 is 20.5 Å². The zero-order chi connectivity index (χ0) is 22.2. The van der Waals surface area contributed by atoms with Gasteiger partial charge in [-0.1, -0.05) is 42.5 Å². The smallest absolute Gasteiger partial charge is 0.269 e. The molecule has 162 valence electrons. The fourth-order valence-electron chi connectivity index (χ4n) is 4.80. The topological polar surface area (TPSA) is 96.7 Å². The van der Waals surface area contributed by atoms with Gasteiger partial charge in [0.2, 0.25) is 5.91 Å². The summed E-state index contributed by atoms with van der Waals surface area (Å²) in [6, 6.07) is 22.7. The number of hydrazine groups is 1. The van der Waals surface area contributed by atoms with Gasteiger partial charge in [-0.15, -0.1) is 0 Å². The molecule has 2 aliphatic rings. The summed E-state index contributed by atoms with van der Waals surface area (Å²) in [5, 5.41) is 11.4. The van der Waals surface area contributed by atoms with E-state index in [1.165, 1.54) is 6.07 Å². The molecule has 0 aliphatic carbocycles. The van der Waals surface area contributed by atoms with Gasteiger partial charge in [-0.2, -0.15) is 0 Å². The van der Waals surface area contributed by atoms with Crippen LogP contribution in [0.25, 0.3) is 0 Å². The molecule has 4 atom stereocenters. The summed E-state index contributed by atoms with van der Waals surface area (Å²) >= 11 is 0. The Morgan fingerprint density at radius 1 is 0.906 bits per heavy atom. The largest absolute Gasteiger partial charge is 0.497 e. The van der Waals surface area contributed by atoms with Gasteiger partial charge in [-0.05, 0) is 35.4 Å². The minimum Gasteiger partial charge on any atom is -0.497 e. The second kappa shape index (κ2) is 8.07. The second-order valence-corrected chi connectivity index (χ2v) is 7.94. The average molecular weight is 430 g/mol.